The summed E-state index contributed by atoms with van der Waals surface area (Å²) in [7, 11) is 0. The van der Waals surface area contributed by atoms with Gasteiger partial charge in [0.1, 0.15) is 18.1 Å². The number of aliphatic hydroxyl groups is 1. The van der Waals surface area contributed by atoms with Gasteiger partial charge in [-0.2, -0.15) is 0 Å². The number of nitrogens with zero attached hydrogens (tertiary/aromatic N) is 2. The van der Waals surface area contributed by atoms with Gasteiger partial charge in [-0.25, -0.2) is 4.98 Å². The van der Waals surface area contributed by atoms with Crippen LogP contribution in [0.4, 0.5) is 0 Å². The fourth-order valence-corrected chi connectivity index (χ4v) is 2.86. The number of aromatic nitrogens is 2. The summed E-state index contributed by atoms with van der Waals surface area (Å²) in [6, 6.07) is 16.2. The molecule has 1 N–H and O–H groups in total. The number of unbranched alkanes of at least 4 members (excludes halogenated alkanes) is 3. The van der Waals surface area contributed by atoms with Crippen molar-refractivity contribution in [2.45, 2.75) is 44.6 Å². The molecule has 1 atom stereocenters. The van der Waals surface area contributed by atoms with Crippen LogP contribution in [0.25, 0.3) is 11.4 Å². The molecule has 3 aromatic rings. The second-order valence-corrected chi connectivity index (χ2v) is 6.24. The highest BCUT2D eigenvalue weighted by atomic mass is 16.4. The summed E-state index contributed by atoms with van der Waals surface area (Å²) in [4.78, 5) is 8.59. The minimum absolute atomic E-state index is 0.380. The van der Waals surface area contributed by atoms with Crippen LogP contribution in [0.3, 0.4) is 0 Å². The van der Waals surface area contributed by atoms with Gasteiger partial charge >= 0.3 is 0 Å². The van der Waals surface area contributed by atoms with Crippen LogP contribution in [-0.2, 0) is 6.42 Å². The minimum Gasteiger partial charge on any atom is -0.445 e. The average Bonchev–Trinajstić information content (AvgIpc) is 3.16. The van der Waals surface area contributed by atoms with Crippen molar-refractivity contribution < 1.29 is 9.52 Å². The molecule has 0 radical (unpaired) electrons. The molecule has 4 nitrogen and oxygen atoms in total. The molecule has 4 heteroatoms. The molecular weight excluding hydrogens is 312 g/mol. The lowest BCUT2D eigenvalue weighted by Gasteiger charge is -2.06. The average molecular weight is 336 g/mol. The van der Waals surface area contributed by atoms with E-state index in [2.05, 4.69) is 34.2 Å². The van der Waals surface area contributed by atoms with Gasteiger partial charge in [-0.3, -0.25) is 4.98 Å². The van der Waals surface area contributed by atoms with Crippen LogP contribution in [0.1, 0.15) is 49.7 Å². The number of aryl methyl sites for hydroxylation is 1. The molecule has 0 saturated carbocycles. The highest BCUT2D eigenvalue weighted by Crippen LogP contribution is 2.23. The third-order valence-corrected chi connectivity index (χ3v) is 4.27. The maximum absolute atomic E-state index is 10.2. The largest absolute Gasteiger partial charge is 0.445 e. The lowest BCUT2D eigenvalue weighted by atomic mass is 10.0. The third-order valence-electron chi connectivity index (χ3n) is 4.27. The predicted octanol–water partition coefficient (Wildman–Crippen LogP) is 4.96. The van der Waals surface area contributed by atoms with Gasteiger partial charge in [-0.1, -0.05) is 55.7 Å². The van der Waals surface area contributed by atoms with Crippen LogP contribution in [0.15, 0.2) is 65.4 Å². The maximum Gasteiger partial charge on any atom is 0.223 e. The first-order valence-corrected chi connectivity index (χ1v) is 8.92. The Morgan fingerprint density at radius 2 is 1.68 bits per heavy atom. The van der Waals surface area contributed by atoms with E-state index in [0.29, 0.717) is 18.0 Å². The Morgan fingerprint density at radius 3 is 2.48 bits per heavy atom. The van der Waals surface area contributed by atoms with E-state index in [0.717, 1.165) is 25.0 Å². The van der Waals surface area contributed by atoms with E-state index in [4.69, 9.17) is 4.42 Å². The number of hydrogen-bond donors (Lipinski definition) is 1. The van der Waals surface area contributed by atoms with E-state index in [9.17, 15) is 5.11 Å². The number of hydrogen-bond acceptors (Lipinski definition) is 4. The van der Waals surface area contributed by atoms with E-state index in [1.165, 1.54) is 18.4 Å². The molecule has 0 aliphatic carbocycles. The Balaban J connectivity index is 1.37. The summed E-state index contributed by atoms with van der Waals surface area (Å²) in [5, 5.41) is 10.2. The van der Waals surface area contributed by atoms with Crippen LogP contribution in [0, 0.1) is 0 Å². The second-order valence-electron chi connectivity index (χ2n) is 6.24. The summed E-state index contributed by atoms with van der Waals surface area (Å²) in [5.41, 5.74) is 2.81. The SMILES string of the molecule is OC(CCCCCCc1ccccc1)c1nc(-c2ccccn2)co1. The van der Waals surface area contributed by atoms with E-state index in [1.807, 2.05) is 24.3 Å². The summed E-state index contributed by atoms with van der Waals surface area (Å²) < 4.78 is 5.42. The normalized spacial score (nSPS) is 12.2. The third kappa shape index (κ3) is 5.26. The summed E-state index contributed by atoms with van der Waals surface area (Å²) in [6.45, 7) is 0. The number of rotatable bonds is 9. The van der Waals surface area contributed by atoms with Gasteiger partial charge in [-0.05, 0) is 37.0 Å². The molecule has 2 heterocycles. The molecule has 3 rings (SSSR count). The first-order chi connectivity index (χ1) is 12.3. The number of pyridine rings is 1. The van der Waals surface area contributed by atoms with Crippen LogP contribution >= 0.6 is 0 Å². The topological polar surface area (TPSA) is 59.2 Å². The predicted molar refractivity (Wildman–Crippen MR) is 97.9 cm³/mol. The second kappa shape index (κ2) is 9.14. The molecule has 0 aliphatic rings. The first kappa shape index (κ1) is 17.4. The van der Waals surface area contributed by atoms with Crippen molar-refractivity contribution >= 4 is 0 Å². The van der Waals surface area contributed by atoms with Crippen molar-refractivity contribution in [3.8, 4) is 11.4 Å². The maximum atomic E-state index is 10.2. The zero-order chi connectivity index (χ0) is 17.3. The van der Waals surface area contributed by atoms with Crippen LogP contribution in [0.2, 0.25) is 0 Å². The Morgan fingerprint density at radius 1 is 0.880 bits per heavy atom. The van der Waals surface area contributed by atoms with Crippen molar-refractivity contribution in [1.29, 1.82) is 0 Å². The number of aliphatic hydroxyl groups excluding tert-OH is 1. The van der Waals surface area contributed by atoms with Crippen LogP contribution < -0.4 is 0 Å². The fraction of sp³-hybridized carbons (Fsp3) is 0.333. The van der Waals surface area contributed by atoms with Gasteiger partial charge in [0.2, 0.25) is 5.89 Å². The Labute approximate surface area is 148 Å². The zero-order valence-electron chi connectivity index (χ0n) is 14.3. The molecule has 0 spiro atoms. The molecule has 0 amide bonds. The molecule has 0 aliphatic heterocycles. The van der Waals surface area contributed by atoms with Crippen molar-refractivity contribution in [2.75, 3.05) is 0 Å². The molecule has 2 aromatic heterocycles. The smallest absolute Gasteiger partial charge is 0.223 e. The van der Waals surface area contributed by atoms with Gasteiger partial charge in [0.15, 0.2) is 0 Å². The fourth-order valence-electron chi connectivity index (χ4n) is 2.86. The van der Waals surface area contributed by atoms with Crippen LogP contribution in [0.5, 0.6) is 0 Å². The van der Waals surface area contributed by atoms with Crippen LogP contribution in [-0.4, -0.2) is 15.1 Å². The summed E-state index contributed by atoms with van der Waals surface area (Å²) >= 11 is 0. The molecule has 0 saturated heterocycles. The Hall–Kier alpha value is -2.46. The highest BCUT2D eigenvalue weighted by Gasteiger charge is 2.15. The van der Waals surface area contributed by atoms with Crippen molar-refractivity contribution in [3.63, 3.8) is 0 Å². The molecule has 25 heavy (non-hydrogen) atoms. The van der Waals surface area contributed by atoms with E-state index in [-0.39, 0.29) is 0 Å². The number of oxazole rings is 1. The number of benzene rings is 1. The monoisotopic (exact) mass is 336 g/mol. The minimum atomic E-state index is -0.647. The zero-order valence-corrected chi connectivity index (χ0v) is 14.3. The van der Waals surface area contributed by atoms with Crippen molar-refractivity contribution in [2.24, 2.45) is 0 Å². The standard InChI is InChI=1S/C21H24N2O2/c24-20(14-7-2-1-4-10-17-11-5-3-6-12-17)21-23-19(16-25-21)18-13-8-9-15-22-18/h3,5-6,8-9,11-13,15-16,20,24H,1-2,4,7,10,14H2. The lowest BCUT2D eigenvalue weighted by molar-refractivity contribution is 0.130. The molecule has 0 fully saturated rings. The highest BCUT2D eigenvalue weighted by molar-refractivity contribution is 5.51. The Kier molecular flexibility index (Phi) is 6.35. The molecule has 1 unspecified atom stereocenters. The van der Waals surface area contributed by atoms with Gasteiger partial charge in [0.05, 0.1) is 5.69 Å². The van der Waals surface area contributed by atoms with Gasteiger partial charge < -0.3 is 9.52 Å². The Bertz CT molecular complexity index is 741. The lowest BCUT2D eigenvalue weighted by Crippen LogP contribution is -1.98. The molecule has 130 valence electrons. The van der Waals surface area contributed by atoms with E-state index in [1.54, 1.807) is 12.5 Å². The van der Waals surface area contributed by atoms with Crippen molar-refractivity contribution in [3.05, 3.63) is 72.4 Å². The van der Waals surface area contributed by atoms with E-state index >= 15 is 0 Å². The van der Waals surface area contributed by atoms with E-state index < -0.39 is 6.10 Å². The van der Waals surface area contributed by atoms with Gasteiger partial charge in [0, 0.05) is 6.20 Å². The molecule has 0 bridgehead atoms. The molecular formula is C21H24N2O2. The summed E-state index contributed by atoms with van der Waals surface area (Å²) in [6.07, 6.45) is 8.86. The van der Waals surface area contributed by atoms with Gasteiger partial charge in [-0.15, -0.1) is 0 Å². The van der Waals surface area contributed by atoms with Crippen molar-refractivity contribution in [1.82, 2.24) is 9.97 Å². The first-order valence-electron chi connectivity index (χ1n) is 8.92. The van der Waals surface area contributed by atoms with Gasteiger partial charge in [0.25, 0.3) is 0 Å². The molecule has 1 aromatic carbocycles. The quantitative estimate of drug-likeness (QED) is 0.561. The summed E-state index contributed by atoms with van der Waals surface area (Å²) in [5.74, 6) is 0.380.